The van der Waals surface area contributed by atoms with Crippen LogP contribution in [-0.4, -0.2) is 47.3 Å². The van der Waals surface area contributed by atoms with Gasteiger partial charge in [0.15, 0.2) is 0 Å². The Hall–Kier alpha value is -1.98. The molecule has 0 spiro atoms. The van der Waals surface area contributed by atoms with E-state index in [2.05, 4.69) is 9.88 Å². The lowest BCUT2D eigenvalue weighted by atomic mass is 10.1. The highest BCUT2D eigenvalue weighted by molar-refractivity contribution is 5.69. The molecular formula is C15H24N4O2. The smallest absolute Gasteiger partial charge is 0.410 e. The summed E-state index contributed by atoms with van der Waals surface area (Å²) in [5, 5.41) is 0. The van der Waals surface area contributed by atoms with E-state index in [0.29, 0.717) is 12.4 Å². The summed E-state index contributed by atoms with van der Waals surface area (Å²) in [6.07, 6.45) is 1.52. The average Bonchev–Trinajstić information content (AvgIpc) is 2.37. The highest BCUT2D eigenvalue weighted by Crippen LogP contribution is 2.20. The molecule has 6 heteroatoms. The van der Waals surface area contributed by atoms with Crippen LogP contribution in [0.15, 0.2) is 18.3 Å². The number of ether oxygens (including phenoxy) is 1. The monoisotopic (exact) mass is 292 g/mol. The largest absolute Gasteiger partial charge is 0.444 e. The Morgan fingerprint density at radius 2 is 2.10 bits per heavy atom. The Balaban J connectivity index is 1.99. The van der Waals surface area contributed by atoms with Gasteiger partial charge >= 0.3 is 6.09 Å². The first-order chi connectivity index (χ1) is 9.76. The summed E-state index contributed by atoms with van der Waals surface area (Å²) < 4.78 is 5.44. The molecule has 0 aliphatic carbocycles. The van der Waals surface area contributed by atoms with Gasteiger partial charge in [0.2, 0.25) is 0 Å². The first-order valence-corrected chi connectivity index (χ1v) is 7.22. The third kappa shape index (κ3) is 4.00. The van der Waals surface area contributed by atoms with E-state index in [1.165, 1.54) is 0 Å². The van der Waals surface area contributed by atoms with Gasteiger partial charge in [0, 0.05) is 25.7 Å². The van der Waals surface area contributed by atoms with Gasteiger partial charge in [-0.15, -0.1) is 0 Å². The van der Waals surface area contributed by atoms with Gasteiger partial charge in [0.25, 0.3) is 0 Å². The van der Waals surface area contributed by atoms with E-state index in [4.69, 9.17) is 10.5 Å². The fourth-order valence-corrected chi connectivity index (χ4v) is 2.37. The number of rotatable bonds is 1. The van der Waals surface area contributed by atoms with Gasteiger partial charge in [-0.05, 0) is 39.8 Å². The Morgan fingerprint density at radius 3 is 2.62 bits per heavy atom. The normalized spacial score (nSPS) is 19.5. The minimum atomic E-state index is -0.463. The minimum Gasteiger partial charge on any atom is -0.444 e. The second kappa shape index (κ2) is 5.79. The van der Waals surface area contributed by atoms with Crippen molar-refractivity contribution in [1.82, 2.24) is 9.88 Å². The zero-order valence-corrected chi connectivity index (χ0v) is 13.2. The van der Waals surface area contributed by atoms with Gasteiger partial charge in [-0.25, -0.2) is 9.78 Å². The molecule has 0 bridgehead atoms. The van der Waals surface area contributed by atoms with Crippen molar-refractivity contribution < 1.29 is 9.53 Å². The van der Waals surface area contributed by atoms with Crippen molar-refractivity contribution in [3.63, 3.8) is 0 Å². The second-order valence-electron chi connectivity index (χ2n) is 6.41. The number of carbonyl (C=O) groups excluding carboxylic acids is 1. The lowest BCUT2D eigenvalue weighted by Crippen LogP contribution is -2.55. The third-order valence-corrected chi connectivity index (χ3v) is 3.39. The van der Waals surface area contributed by atoms with Crippen molar-refractivity contribution in [3.05, 3.63) is 18.3 Å². The van der Waals surface area contributed by atoms with Crippen molar-refractivity contribution >= 4 is 17.6 Å². The van der Waals surface area contributed by atoms with E-state index in [0.717, 1.165) is 18.8 Å². The topological polar surface area (TPSA) is 71.7 Å². The van der Waals surface area contributed by atoms with Crippen molar-refractivity contribution in [2.24, 2.45) is 0 Å². The molecule has 0 unspecified atom stereocenters. The number of pyridine rings is 1. The SMILES string of the molecule is C[C@H]1CN(c2ccc(N)nc2)CCN1C(=O)OC(C)(C)C. The number of hydrogen-bond donors (Lipinski definition) is 1. The van der Waals surface area contributed by atoms with Crippen molar-refractivity contribution in [2.45, 2.75) is 39.3 Å². The van der Waals surface area contributed by atoms with Crippen LogP contribution in [0.1, 0.15) is 27.7 Å². The molecule has 1 atom stereocenters. The maximum Gasteiger partial charge on any atom is 0.410 e. The molecule has 21 heavy (non-hydrogen) atoms. The molecule has 2 heterocycles. The summed E-state index contributed by atoms with van der Waals surface area (Å²) in [7, 11) is 0. The Bertz CT molecular complexity index is 495. The standard InChI is InChI=1S/C15H24N4O2/c1-11-10-18(12-5-6-13(16)17-9-12)7-8-19(11)14(20)21-15(2,3)4/h5-6,9,11H,7-8,10H2,1-4H3,(H2,16,17)/t11-/m0/s1. The highest BCUT2D eigenvalue weighted by atomic mass is 16.6. The zero-order valence-electron chi connectivity index (χ0n) is 13.2. The summed E-state index contributed by atoms with van der Waals surface area (Å²) in [4.78, 5) is 20.3. The molecule has 2 rings (SSSR count). The minimum absolute atomic E-state index is 0.0890. The van der Waals surface area contributed by atoms with Gasteiger partial charge in [0.05, 0.1) is 11.9 Å². The van der Waals surface area contributed by atoms with Crippen molar-refractivity contribution in [3.8, 4) is 0 Å². The number of nitrogen functional groups attached to an aromatic ring is 1. The van der Waals surface area contributed by atoms with Crippen LogP contribution in [0.5, 0.6) is 0 Å². The van der Waals surface area contributed by atoms with E-state index in [-0.39, 0.29) is 12.1 Å². The molecule has 1 aromatic rings. The number of hydrogen-bond acceptors (Lipinski definition) is 5. The molecule has 1 aromatic heterocycles. The highest BCUT2D eigenvalue weighted by Gasteiger charge is 2.30. The summed E-state index contributed by atoms with van der Waals surface area (Å²) in [5.41, 5.74) is 6.17. The van der Waals surface area contributed by atoms with Gasteiger partial charge in [-0.1, -0.05) is 0 Å². The van der Waals surface area contributed by atoms with E-state index in [1.807, 2.05) is 33.8 Å². The summed E-state index contributed by atoms with van der Waals surface area (Å²) in [6, 6.07) is 3.84. The van der Waals surface area contributed by atoms with E-state index in [9.17, 15) is 4.79 Å². The molecule has 0 radical (unpaired) electrons. The molecule has 116 valence electrons. The predicted octanol–water partition coefficient (Wildman–Crippen LogP) is 2.11. The fourth-order valence-electron chi connectivity index (χ4n) is 2.37. The number of anilines is 2. The summed E-state index contributed by atoms with van der Waals surface area (Å²) in [5.74, 6) is 0.513. The average molecular weight is 292 g/mol. The van der Waals surface area contributed by atoms with E-state index >= 15 is 0 Å². The molecule has 0 aromatic carbocycles. The Labute approximate surface area is 125 Å². The van der Waals surface area contributed by atoms with Crippen LogP contribution in [0.25, 0.3) is 0 Å². The van der Waals surface area contributed by atoms with E-state index < -0.39 is 5.60 Å². The predicted molar refractivity (Wildman–Crippen MR) is 83.3 cm³/mol. The number of carbonyl (C=O) groups is 1. The molecule has 1 saturated heterocycles. The first kappa shape index (κ1) is 15.4. The fraction of sp³-hybridized carbons (Fsp3) is 0.600. The third-order valence-electron chi connectivity index (χ3n) is 3.39. The molecule has 1 amide bonds. The maximum absolute atomic E-state index is 12.2. The molecule has 1 aliphatic heterocycles. The van der Waals surface area contributed by atoms with Crippen molar-refractivity contribution in [2.75, 3.05) is 30.3 Å². The van der Waals surface area contributed by atoms with Gasteiger partial charge in [-0.2, -0.15) is 0 Å². The molecule has 6 nitrogen and oxygen atoms in total. The Kier molecular flexibility index (Phi) is 4.25. The molecule has 1 aliphatic rings. The van der Waals surface area contributed by atoms with Crippen molar-refractivity contribution in [1.29, 1.82) is 0 Å². The number of nitrogens with zero attached hydrogens (tertiary/aromatic N) is 3. The van der Waals surface area contributed by atoms with Crippen LogP contribution >= 0.6 is 0 Å². The Morgan fingerprint density at radius 1 is 1.38 bits per heavy atom. The van der Waals surface area contributed by atoms with Crippen LogP contribution in [0.4, 0.5) is 16.3 Å². The summed E-state index contributed by atoms with van der Waals surface area (Å²) >= 11 is 0. The van der Waals surface area contributed by atoms with Crippen LogP contribution < -0.4 is 10.6 Å². The van der Waals surface area contributed by atoms with Gasteiger partial charge < -0.3 is 20.3 Å². The van der Waals surface area contributed by atoms with Crippen LogP contribution in [-0.2, 0) is 4.74 Å². The summed E-state index contributed by atoms with van der Waals surface area (Å²) in [6.45, 7) is 9.82. The molecular weight excluding hydrogens is 268 g/mol. The first-order valence-electron chi connectivity index (χ1n) is 7.22. The maximum atomic E-state index is 12.2. The zero-order chi connectivity index (χ0) is 15.6. The number of nitrogens with two attached hydrogens (primary N) is 1. The van der Waals surface area contributed by atoms with Gasteiger partial charge in [-0.3, -0.25) is 0 Å². The molecule has 2 N–H and O–H groups in total. The molecule has 1 fully saturated rings. The number of amides is 1. The second-order valence-corrected chi connectivity index (χ2v) is 6.41. The lowest BCUT2D eigenvalue weighted by Gasteiger charge is -2.41. The quantitative estimate of drug-likeness (QED) is 0.858. The number of piperazine rings is 1. The van der Waals surface area contributed by atoms with Crippen LogP contribution in [0.2, 0.25) is 0 Å². The van der Waals surface area contributed by atoms with Gasteiger partial charge in [0.1, 0.15) is 11.4 Å². The number of aromatic nitrogens is 1. The molecule has 0 saturated carbocycles. The van der Waals surface area contributed by atoms with E-state index in [1.54, 1.807) is 17.2 Å². The van der Waals surface area contributed by atoms with Crippen LogP contribution in [0.3, 0.4) is 0 Å². The lowest BCUT2D eigenvalue weighted by molar-refractivity contribution is 0.0159. The van der Waals surface area contributed by atoms with Crippen LogP contribution in [0, 0.1) is 0 Å².